The van der Waals surface area contributed by atoms with Crippen molar-refractivity contribution in [3.63, 3.8) is 0 Å². The summed E-state index contributed by atoms with van der Waals surface area (Å²) in [5.74, 6) is 0.859. The van der Waals surface area contributed by atoms with Crippen LogP contribution in [0.4, 0.5) is 11.5 Å². The Morgan fingerprint density at radius 1 is 1.26 bits per heavy atom. The van der Waals surface area contributed by atoms with E-state index < -0.39 is 5.91 Å². The molecular formula is C16H14N4O3. The Kier molecular flexibility index (Phi) is 3.92. The van der Waals surface area contributed by atoms with Gasteiger partial charge in [-0.25, -0.2) is 9.97 Å². The lowest BCUT2D eigenvalue weighted by molar-refractivity contribution is 0.102. The van der Waals surface area contributed by atoms with E-state index in [4.69, 9.17) is 14.9 Å². The van der Waals surface area contributed by atoms with Gasteiger partial charge < -0.3 is 20.2 Å². The fourth-order valence-electron chi connectivity index (χ4n) is 1.98. The van der Waals surface area contributed by atoms with Crippen LogP contribution in [0, 0.1) is 0 Å². The molecule has 0 spiro atoms. The van der Waals surface area contributed by atoms with Crippen molar-refractivity contribution in [1.82, 2.24) is 9.97 Å². The molecule has 0 aliphatic rings. The Bertz CT molecular complexity index is 827. The number of methoxy groups -OCH3 is 1. The van der Waals surface area contributed by atoms with Gasteiger partial charge in [-0.15, -0.1) is 0 Å². The number of hydrogen-bond acceptors (Lipinski definition) is 6. The van der Waals surface area contributed by atoms with Crippen molar-refractivity contribution in [1.29, 1.82) is 0 Å². The molecule has 0 unspecified atom stereocenters. The molecule has 1 aromatic carbocycles. The monoisotopic (exact) mass is 310 g/mol. The maximum atomic E-state index is 12.3. The summed E-state index contributed by atoms with van der Waals surface area (Å²) in [5, 5.41) is 2.73. The molecule has 0 fully saturated rings. The Morgan fingerprint density at radius 2 is 2.09 bits per heavy atom. The van der Waals surface area contributed by atoms with Crippen molar-refractivity contribution in [2.45, 2.75) is 0 Å². The van der Waals surface area contributed by atoms with E-state index in [1.165, 1.54) is 19.6 Å². The lowest BCUT2D eigenvalue weighted by atomic mass is 10.3. The highest BCUT2D eigenvalue weighted by Crippen LogP contribution is 2.24. The van der Waals surface area contributed by atoms with Crippen LogP contribution in [0.25, 0.3) is 11.5 Å². The zero-order valence-electron chi connectivity index (χ0n) is 12.3. The first-order valence-electron chi connectivity index (χ1n) is 6.79. The van der Waals surface area contributed by atoms with Crippen LogP contribution in [0.15, 0.2) is 53.3 Å². The van der Waals surface area contributed by atoms with Crippen LogP contribution in [-0.2, 0) is 0 Å². The summed E-state index contributed by atoms with van der Waals surface area (Å²) in [7, 11) is 1.54. The number of amides is 1. The van der Waals surface area contributed by atoms with Crippen LogP contribution in [0.3, 0.4) is 0 Å². The second-order valence-electron chi connectivity index (χ2n) is 4.66. The average molecular weight is 310 g/mol. The number of oxazole rings is 1. The summed E-state index contributed by atoms with van der Waals surface area (Å²) >= 11 is 0. The van der Waals surface area contributed by atoms with Crippen molar-refractivity contribution in [2.24, 2.45) is 0 Å². The maximum Gasteiger partial charge on any atom is 0.277 e. The van der Waals surface area contributed by atoms with Gasteiger partial charge in [-0.05, 0) is 24.3 Å². The number of nitrogens with two attached hydrogens (primary N) is 1. The largest absolute Gasteiger partial charge is 0.495 e. The Hall–Kier alpha value is -3.35. The number of hydrogen-bond donors (Lipinski definition) is 2. The predicted octanol–water partition coefficient (Wildman–Crippen LogP) is 2.58. The zero-order valence-corrected chi connectivity index (χ0v) is 12.3. The number of carbonyl (C=O) groups is 1. The molecule has 0 radical (unpaired) electrons. The minimum absolute atomic E-state index is 0.155. The fraction of sp³-hybridized carbons (Fsp3) is 0.0625. The van der Waals surface area contributed by atoms with Gasteiger partial charge in [0.15, 0.2) is 5.69 Å². The molecule has 116 valence electrons. The number of benzene rings is 1. The number of pyridine rings is 1. The number of carbonyl (C=O) groups excluding carboxylic acids is 1. The molecule has 0 saturated carbocycles. The summed E-state index contributed by atoms with van der Waals surface area (Å²) in [6, 6.07) is 10.5. The van der Waals surface area contributed by atoms with Crippen molar-refractivity contribution in [3.8, 4) is 17.2 Å². The molecule has 3 N–H and O–H groups in total. The molecule has 23 heavy (non-hydrogen) atoms. The number of nitrogens with zero attached hydrogens (tertiary/aromatic N) is 2. The van der Waals surface area contributed by atoms with E-state index in [0.29, 0.717) is 28.7 Å². The summed E-state index contributed by atoms with van der Waals surface area (Å²) in [6.07, 6.45) is 2.82. The summed E-state index contributed by atoms with van der Waals surface area (Å²) in [5.41, 5.74) is 6.88. The minimum atomic E-state index is -0.395. The molecule has 0 bridgehead atoms. The van der Waals surface area contributed by atoms with Crippen LogP contribution >= 0.6 is 0 Å². The Morgan fingerprint density at radius 3 is 2.83 bits per heavy atom. The minimum Gasteiger partial charge on any atom is -0.495 e. The maximum absolute atomic E-state index is 12.3. The van der Waals surface area contributed by atoms with Gasteiger partial charge in [0.25, 0.3) is 5.91 Å². The standard InChI is InChI=1S/C16H14N4O3/c1-22-13-5-3-2-4-11(13)19-15(21)12-9-23-16(20-12)10-6-7-14(17)18-8-10/h2-9H,1H3,(H2,17,18)(H,19,21). The third-order valence-electron chi connectivity index (χ3n) is 3.13. The van der Waals surface area contributed by atoms with Crippen molar-refractivity contribution >= 4 is 17.4 Å². The topological polar surface area (TPSA) is 103 Å². The molecular weight excluding hydrogens is 296 g/mol. The number of nitrogen functional groups attached to an aromatic ring is 1. The van der Waals surface area contributed by atoms with Crippen molar-refractivity contribution < 1.29 is 13.9 Å². The molecule has 0 saturated heterocycles. The lowest BCUT2D eigenvalue weighted by Gasteiger charge is -2.08. The van der Waals surface area contributed by atoms with E-state index in [9.17, 15) is 4.79 Å². The van der Waals surface area contributed by atoms with E-state index in [-0.39, 0.29) is 5.69 Å². The van der Waals surface area contributed by atoms with Gasteiger partial charge in [-0.2, -0.15) is 0 Å². The smallest absolute Gasteiger partial charge is 0.277 e. The third-order valence-corrected chi connectivity index (χ3v) is 3.13. The quantitative estimate of drug-likeness (QED) is 0.767. The summed E-state index contributed by atoms with van der Waals surface area (Å²) < 4.78 is 10.5. The first-order valence-corrected chi connectivity index (χ1v) is 6.79. The van der Waals surface area contributed by atoms with E-state index >= 15 is 0 Å². The summed E-state index contributed by atoms with van der Waals surface area (Å²) in [4.78, 5) is 20.4. The van der Waals surface area contributed by atoms with Gasteiger partial charge in [0.1, 0.15) is 17.8 Å². The van der Waals surface area contributed by atoms with Gasteiger partial charge in [-0.3, -0.25) is 4.79 Å². The van der Waals surface area contributed by atoms with Gasteiger partial charge in [0.05, 0.1) is 18.4 Å². The zero-order chi connectivity index (χ0) is 16.2. The highest BCUT2D eigenvalue weighted by molar-refractivity contribution is 6.03. The van der Waals surface area contributed by atoms with Crippen LogP contribution < -0.4 is 15.8 Å². The van der Waals surface area contributed by atoms with Crippen LogP contribution in [0.1, 0.15) is 10.5 Å². The normalized spacial score (nSPS) is 10.3. The number of para-hydroxylation sites is 2. The molecule has 1 amide bonds. The lowest BCUT2D eigenvalue weighted by Crippen LogP contribution is -2.13. The molecule has 3 rings (SSSR count). The number of aromatic nitrogens is 2. The molecule has 0 atom stereocenters. The number of rotatable bonds is 4. The van der Waals surface area contributed by atoms with Gasteiger partial charge >= 0.3 is 0 Å². The second-order valence-corrected chi connectivity index (χ2v) is 4.66. The number of ether oxygens (including phenoxy) is 1. The third kappa shape index (κ3) is 3.13. The first-order chi connectivity index (χ1) is 11.2. The van der Waals surface area contributed by atoms with Gasteiger partial charge in [0, 0.05) is 6.20 Å². The Labute approximate surface area is 132 Å². The van der Waals surface area contributed by atoms with E-state index in [1.54, 1.807) is 30.3 Å². The van der Waals surface area contributed by atoms with Crippen LogP contribution in [-0.4, -0.2) is 23.0 Å². The van der Waals surface area contributed by atoms with Crippen molar-refractivity contribution in [2.75, 3.05) is 18.2 Å². The average Bonchev–Trinajstić information content (AvgIpc) is 3.06. The molecule has 7 heteroatoms. The molecule has 0 aliphatic carbocycles. The Balaban J connectivity index is 1.80. The van der Waals surface area contributed by atoms with Crippen LogP contribution in [0.5, 0.6) is 5.75 Å². The van der Waals surface area contributed by atoms with Crippen molar-refractivity contribution in [3.05, 3.63) is 54.6 Å². The molecule has 7 nitrogen and oxygen atoms in total. The first kappa shape index (κ1) is 14.6. The molecule has 3 aromatic rings. The van der Waals surface area contributed by atoms with Gasteiger partial charge in [0.2, 0.25) is 5.89 Å². The fourth-order valence-corrected chi connectivity index (χ4v) is 1.98. The molecule has 0 aliphatic heterocycles. The van der Waals surface area contributed by atoms with Crippen LogP contribution in [0.2, 0.25) is 0 Å². The van der Waals surface area contributed by atoms with E-state index in [2.05, 4.69) is 15.3 Å². The predicted molar refractivity (Wildman–Crippen MR) is 85.1 cm³/mol. The molecule has 2 heterocycles. The highest BCUT2D eigenvalue weighted by atomic mass is 16.5. The van der Waals surface area contributed by atoms with E-state index in [1.807, 2.05) is 6.07 Å². The number of anilines is 2. The molecule has 2 aromatic heterocycles. The number of nitrogens with one attached hydrogen (secondary N) is 1. The summed E-state index contributed by atoms with van der Waals surface area (Å²) in [6.45, 7) is 0. The second kappa shape index (κ2) is 6.18. The SMILES string of the molecule is COc1ccccc1NC(=O)c1coc(-c2ccc(N)nc2)n1. The van der Waals surface area contributed by atoms with E-state index in [0.717, 1.165) is 0 Å². The van der Waals surface area contributed by atoms with Gasteiger partial charge in [-0.1, -0.05) is 12.1 Å². The highest BCUT2D eigenvalue weighted by Gasteiger charge is 2.15.